The molecule has 0 radical (unpaired) electrons. The largest absolute Gasteiger partial charge is 0.438 e. The maximum atomic E-state index is 5.97. The van der Waals surface area contributed by atoms with Gasteiger partial charge in [-0.05, 0) is 49.2 Å². The number of rotatable bonds is 6. The van der Waals surface area contributed by atoms with Gasteiger partial charge in [-0.2, -0.15) is 0 Å². The molecule has 0 aliphatic heterocycles. The Morgan fingerprint density at radius 2 is 2.10 bits per heavy atom. The molecule has 4 heteroatoms. The monoisotopic (exact) mass is 304 g/mol. The molecule has 21 heavy (non-hydrogen) atoms. The normalized spacial score (nSPS) is 10.9. The highest BCUT2D eigenvalue weighted by Crippen LogP contribution is 2.28. The number of pyridine rings is 1. The maximum Gasteiger partial charge on any atom is 0.223 e. The van der Waals surface area contributed by atoms with Crippen molar-refractivity contribution in [3.63, 3.8) is 0 Å². The second-order valence-electron chi connectivity index (χ2n) is 5.50. The first kappa shape index (κ1) is 15.8. The molecule has 0 aliphatic carbocycles. The van der Waals surface area contributed by atoms with Crippen LogP contribution in [0.3, 0.4) is 0 Å². The second-order valence-corrected chi connectivity index (χ2v) is 5.94. The first-order valence-electron chi connectivity index (χ1n) is 7.15. The van der Waals surface area contributed by atoms with Gasteiger partial charge in [0.05, 0.1) is 0 Å². The van der Waals surface area contributed by atoms with Crippen LogP contribution in [0.25, 0.3) is 0 Å². The van der Waals surface area contributed by atoms with E-state index in [2.05, 4.69) is 24.1 Å². The SMILES string of the molecule is Cc1cc(Cl)ccc1Oc1ncccc1CNCC(C)C. The predicted molar refractivity (Wildman–Crippen MR) is 87.0 cm³/mol. The third kappa shape index (κ3) is 4.73. The molecule has 0 saturated carbocycles. The van der Waals surface area contributed by atoms with E-state index in [1.54, 1.807) is 6.20 Å². The average molecular weight is 305 g/mol. The van der Waals surface area contributed by atoms with E-state index < -0.39 is 0 Å². The number of ether oxygens (including phenoxy) is 1. The summed E-state index contributed by atoms with van der Waals surface area (Å²) in [5.74, 6) is 2.03. The van der Waals surface area contributed by atoms with Crippen molar-refractivity contribution in [2.45, 2.75) is 27.3 Å². The van der Waals surface area contributed by atoms with Gasteiger partial charge in [0.2, 0.25) is 5.88 Å². The summed E-state index contributed by atoms with van der Waals surface area (Å²) in [6.45, 7) is 8.05. The number of halogens is 1. The van der Waals surface area contributed by atoms with Gasteiger partial charge >= 0.3 is 0 Å². The zero-order valence-electron chi connectivity index (χ0n) is 12.7. The molecule has 0 atom stereocenters. The highest BCUT2D eigenvalue weighted by atomic mass is 35.5. The molecule has 0 amide bonds. The summed E-state index contributed by atoms with van der Waals surface area (Å²) in [7, 11) is 0. The highest BCUT2D eigenvalue weighted by molar-refractivity contribution is 6.30. The van der Waals surface area contributed by atoms with Crippen LogP contribution in [-0.4, -0.2) is 11.5 Å². The molecule has 3 nitrogen and oxygen atoms in total. The second kappa shape index (κ2) is 7.43. The van der Waals surface area contributed by atoms with Gasteiger partial charge in [0, 0.05) is 23.3 Å². The lowest BCUT2D eigenvalue weighted by atomic mass is 10.2. The minimum absolute atomic E-state index is 0.615. The Hall–Kier alpha value is -1.58. The van der Waals surface area contributed by atoms with E-state index >= 15 is 0 Å². The smallest absolute Gasteiger partial charge is 0.223 e. The van der Waals surface area contributed by atoms with Gasteiger partial charge in [-0.1, -0.05) is 31.5 Å². The molecule has 1 aromatic carbocycles. The molecular weight excluding hydrogens is 284 g/mol. The first-order chi connectivity index (χ1) is 10.1. The van der Waals surface area contributed by atoms with Crippen LogP contribution < -0.4 is 10.1 Å². The minimum atomic E-state index is 0.615. The molecule has 1 aromatic heterocycles. The van der Waals surface area contributed by atoms with E-state index in [1.807, 2.05) is 37.3 Å². The van der Waals surface area contributed by atoms with Gasteiger partial charge < -0.3 is 10.1 Å². The Kier molecular flexibility index (Phi) is 5.59. The van der Waals surface area contributed by atoms with Gasteiger partial charge in [0.25, 0.3) is 0 Å². The number of hydrogen-bond donors (Lipinski definition) is 1. The van der Waals surface area contributed by atoms with Crippen molar-refractivity contribution >= 4 is 11.6 Å². The third-order valence-electron chi connectivity index (χ3n) is 3.06. The van der Waals surface area contributed by atoms with Crippen molar-refractivity contribution in [1.29, 1.82) is 0 Å². The van der Waals surface area contributed by atoms with Gasteiger partial charge in [0.15, 0.2) is 0 Å². The fraction of sp³-hybridized carbons (Fsp3) is 0.353. The van der Waals surface area contributed by atoms with Crippen molar-refractivity contribution in [2.24, 2.45) is 5.92 Å². The van der Waals surface area contributed by atoms with E-state index in [9.17, 15) is 0 Å². The zero-order chi connectivity index (χ0) is 15.2. The van der Waals surface area contributed by atoms with Gasteiger partial charge in [0.1, 0.15) is 5.75 Å². The quantitative estimate of drug-likeness (QED) is 0.848. The van der Waals surface area contributed by atoms with Crippen LogP contribution in [0.4, 0.5) is 0 Å². The Morgan fingerprint density at radius 3 is 2.81 bits per heavy atom. The number of benzene rings is 1. The van der Waals surface area contributed by atoms with Crippen LogP contribution in [-0.2, 0) is 6.54 Å². The van der Waals surface area contributed by atoms with Crippen LogP contribution in [0.15, 0.2) is 36.5 Å². The molecule has 0 spiro atoms. The maximum absolute atomic E-state index is 5.97. The molecule has 1 heterocycles. The number of nitrogens with zero attached hydrogens (tertiary/aromatic N) is 1. The van der Waals surface area contributed by atoms with E-state index in [0.29, 0.717) is 16.8 Å². The summed E-state index contributed by atoms with van der Waals surface area (Å²) in [6, 6.07) is 9.53. The van der Waals surface area contributed by atoms with Crippen LogP contribution in [0.1, 0.15) is 25.0 Å². The fourth-order valence-corrected chi connectivity index (χ4v) is 2.20. The van der Waals surface area contributed by atoms with E-state index in [0.717, 1.165) is 30.0 Å². The average Bonchev–Trinajstić information content (AvgIpc) is 2.43. The van der Waals surface area contributed by atoms with Crippen molar-refractivity contribution in [3.05, 3.63) is 52.7 Å². The number of aromatic nitrogens is 1. The molecule has 0 unspecified atom stereocenters. The van der Waals surface area contributed by atoms with Crippen LogP contribution in [0, 0.1) is 12.8 Å². The summed E-state index contributed by atoms with van der Waals surface area (Å²) in [5.41, 5.74) is 2.04. The molecule has 0 aliphatic rings. The number of nitrogens with one attached hydrogen (secondary N) is 1. The van der Waals surface area contributed by atoms with E-state index in [4.69, 9.17) is 16.3 Å². The first-order valence-corrected chi connectivity index (χ1v) is 7.52. The van der Waals surface area contributed by atoms with Crippen molar-refractivity contribution in [2.75, 3.05) is 6.54 Å². The lowest BCUT2D eigenvalue weighted by Crippen LogP contribution is -2.19. The molecule has 0 fully saturated rings. The fourth-order valence-electron chi connectivity index (χ4n) is 1.98. The third-order valence-corrected chi connectivity index (χ3v) is 3.30. The Labute approximate surface area is 131 Å². The van der Waals surface area contributed by atoms with E-state index in [1.165, 1.54) is 0 Å². The number of aryl methyl sites for hydroxylation is 1. The standard InChI is InChI=1S/C17H21ClN2O/c1-12(2)10-19-11-14-5-4-8-20-17(14)21-16-7-6-15(18)9-13(16)3/h4-9,12,19H,10-11H2,1-3H3. The molecular formula is C17H21ClN2O. The highest BCUT2D eigenvalue weighted by Gasteiger charge is 2.08. The summed E-state index contributed by atoms with van der Waals surface area (Å²) < 4.78 is 5.94. The predicted octanol–water partition coefficient (Wildman–Crippen LogP) is 4.58. The van der Waals surface area contributed by atoms with Crippen molar-refractivity contribution in [3.8, 4) is 11.6 Å². The molecule has 1 N–H and O–H groups in total. The Balaban J connectivity index is 2.12. The summed E-state index contributed by atoms with van der Waals surface area (Å²) >= 11 is 5.97. The molecule has 112 valence electrons. The zero-order valence-corrected chi connectivity index (χ0v) is 13.4. The lowest BCUT2D eigenvalue weighted by molar-refractivity contribution is 0.447. The number of hydrogen-bond acceptors (Lipinski definition) is 3. The molecule has 2 rings (SSSR count). The lowest BCUT2D eigenvalue weighted by Gasteiger charge is -2.13. The van der Waals surface area contributed by atoms with Crippen molar-refractivity contribution in [1.82, 2.24) is 10.3 Å². The Morgan fingerprint density at radius 1 is 1.29 bits per heavy atom. The van der Waals surface area contributed by atoms with E-state index in [-0.39, 0.29) is 0 Å². The molecule has 0 bridgehead atoms. The summed E-state index contributed by atoms with van der Waals surface area (Å²) in [4.78, 5) is 4.34. The minimum Gasteiger partial charge on any atom is -0.438 e. The van der Waals surface area contributed by atoms with Gasteiger partial charge in [-0.15, -0.1) is 0 Å². The van der Waals surface area contributed by atoms with Crippen LogP contribution >= 0.6 is 11.6 Å². The van der Waals surface area contributed by atoms with Crippen molar-refractivity contribution < 1.29 is 4.74 Å². The Bertz CT molecular complexity index is 599. The topological polar surface area (TPSA) is 34.1 Å². The van der Waals surface area contributed by atoms with Gasteiger partial charge in [-0.25, -0.2) is 4.98 Å². The van der Waals surface area contributed by atoms with Crippen LogP contribution in [0.2, 0.25) is 5.02 Å². The molecule has 2 aromatic rings. The summed E-state index contributed by atoms with van der Waals surface area (Å²) in [5, 5.41) is 4.12. The van der Waals surface area contributed by atoms with Crippen LogP contribution in [0.5, 0.6) is 11.6 Å². The molecule has 0 saturated heterocycles. The van der Waals surface area contributed by atoms with Gasteiger partial charge in [-0.3, -0.25) is 0 Å². The summed E-state index contributed by atoms with van der Waals surface area (Å²) in [6.07, 6.45) is 1.74.